The number of carbonyl (C=O) groups is 1. The summed E-state index contributed by atoms with van der Waals surface area (Å²) in [6.45, 7) is 0.840. The Bertz CT molecular complexity index is 472. The van der Waals surface area contributed by atoms with Gasteiger partial charge in [-0.3, -0.25) is 4.79 Å². The molecule has 2 heteroatoms. The lowest BCUT2D eigenvalue weighted by Crippen LogP contribution is -2.15. The minimum atomic E-state index is 0.302. The highest BCUT2D eigenvalue weighted by Gasteiger charge is 2.17. The Morgan fingerprint density at radius 1 is 1.00 bits per heavy atom. The number of Topliss-reactive ketones (excluding diaryl/α,β-unsaturated/α-hetero) is 1. The van der Waals surface area contributed by atoms with Crippen LogP contribution in [0.5, 0.6) is 5.75 Å². The van der Waals surface area contributed by atoms with Crippen LogP contribution in [0.15, 0.2) is 18.2 Å². The number of ether oxygens (including phenoxy) is 1. The van der Waals surface area contributed by atoms with Gasteiger partial charge < -0.3 is 4.74 Å². The van der Waals surface area contributed by atoms with Gasteiger partial charge in [0.25, 0.3) is 0 Å². The van der Waals surface area contributed by atoms with E-state index in [1.54, 1.807) is 0 Å². The van der Waals surface area contributed by atoms with Crippen LogP contribution in [-0.4, -0.2) is 12.4 Å². The van der Waals surface area contributed by atoms with Crippen LogP contribution in [0, 0.1) is 5.92 Å². The number of rotatable bonds is 3. The average Bonchev–Trinajstić information content (AvgIpc) is 2.68. The molecule has 0 bridgehead atoms. The molecule has 3 rings (SSSR count). The van der Waals surface area contributed by atoms with E-state index in [9.17, 15) is 4.79 Å². The van der Waals surface area contributed by atoms with E-state index in [-0.39, 0.29) is 0 Å². The smallest absolute Gasteiger partial charge is 0.163 e. The summed E-state index contributed by atoms with van der Waals surface area (Å²) >= 11 is 0. The van der Waals surface area contributed by atoms with Crippen LogP contribution in [0.2, 0.25) is 0 Å². The molecule has 0 radical (unpaired) electrons. The summed E-state index contributed by atoms with van der Waals surface area (Å²) in [6, 6.07) is 6.05. The standard InChI is InChI=1S/C18H24O2/c19-18-9-5-4-8-15-12-16(10-11-17(15)18)20-13-14-6-2-1-3-7-14/h10-12,14H,1-9,13H2. The van der Waals surface area contributed by atoms with E-state index < -0.39 is 0 Å². The Labute approximate surface area is 121 Å². The predicted molar refractivity (Wildman–Crippen MR) is 80.4 cm³/mol. The van der Waals surface area contributed by atoms with Crippen molar-refractivity contribution in [2.24, 2.45) is 5.92 Å². The molecule has 0 spiro atoms. The van der Waals surface area contributed by atoms with Crippen LogP contribution in [0.3, 0.4) is 0 Å². The fraction of sp³-hybridized carbons (Fsp3) is 0.611. The van der Waals surface area contributed by atoms with E-state index >= 15 is 0 Å². The fourth-order valence-electron chi connectivity index (χ4n) is 3.44. The Balaban J connectivity index is 1.65. The molecule has 0 aromatic heterocycles. The van der Waals surface area contributed by atoms with Crippen LogP contribution < -0.4 is 4.74 Å². The first kappa shape index (κ1) is 13.7. The molecule has 2 nitrogen and oxygen atoms in total. The van der Waals surface area contributed by atoms with Gasteiger partial charge in [-0.2, -0.15) is 0 Å². The first-order valence-corrected chi connectivity index (χ1v) is 8.12. The van der Waals surface area contributed by atoms with Crippen molar-refractivity contribution < 1.29 is 9.53 Å². The first-order chi connectivity index (χ1) is 9.83. The molecule has 20 heavy (non-hydrogen) atoms. The minimum Gasteiger partial charge on any atom is -0.493 e. The predicted octanol–water partition coefficient (Wildman–Crippen LogP) is 4.55. The highest BCUT2D eigenvalue weighted by molar-refractivity contribution is 5.97. The lowest BCUT2D eigenvalue weighted by atomic mass is 9.90. The molecule has 0 heterocycles. The summed E-state index contributed by atoms with van der Waals surface area (Å²) in [6.07, 6.45) is 10.6. The van der Waals surface area contributed by atoms with Gasteiger partial charge in [0.1, 0.15) is 5.75 Å². The van der Waals surface area contributed by atoms with Crippen LogP contribution >= 0.6 is 0 Å². The number of hydrogen-bond acceptors (Lipinski definition) is 2. The van der Waals surface area contributed by atoms with Crippen LogP contribution in [0.4, 0.5) is 0 Å². The number of hydrogen-bond donors (Lipinski definition) is 0. The summed E-state index contributed by atoms with van der Waals surface area (Å²) < 4.78 is 5.98. The second-order valence-corrected chi connectivity index (χ2v) is 6.26. The molecule has 0 saturated heterocycles. The molecule has 2 aliphatic rings. The van der Waals surface area contributed by atoms with E-state index in [1.165, 1.54) is 37.7 Å². The molecule has 1 saturated carbocycles. The van der Waals surface area contributed by atoms with E-state index in [4.69, 9.17) is 4.74 Å². The molecular formula is C18H24O2. The fourth-order valence-corrected chi connectivity index (χ4v) is 3.44. The molecule has 1 aromatic carbocycles. The minimum absolute atomic E-state index is 0.302. The molecule has 108 valence electrons. The van der Waals surface area contributed by atoms with Crippen molar-refractivity contribution in [3.63, 3.8) is 0 Å². The zero-order valence-electron chi connectivity index (χ0n) is 12.2. The van der Waals surface area contributed by atoms with Gasteiger partial charge in [0.2, 0.25) is 0 Å². The highest BCUT2D eigenvalue weighted by Crippen LogP contribution is 2.27. The van der Waals surface area contributed by atoms with Crippen molar-refractivity contribution in [3.05, 3.63) is 29.3 Å². The lowest BCUT2D eigenvalue weighted by molar-refractivity contribution is 0.0982. The van der Waals surface area contributed by atoms with E-state index in [2.05, 4.69) is 6.07 Å². The number of ketones is 1. The van der Waals surface area contributed by atoms with Gasteiger partial charge in [0.15, 0.2) is 5.78 Å². The summed E-state index contributed by atoms with van der Waals surface area (Å²) in [4.78, 5) is 12.0. The summed E-state index contributed by atoms with van der Waals surface area (Å²) in [5, 5.41) is 0. The molecule has 1 fully saturated rings. The van der Waals surface area contributed by atoms with Gasteiger partial charge in [-0.05, 0) is 61.8 Å². The Morgan fingerprint density at radius 3 is 2.65 bits per heavy atom. The van der Waals surface area contributed by atoms with Crippen molar-refractivity contribution in [3.8, 4) is 5.75 Å². The normalized spacial score (nSPS) is 20.3. The molecule has 0 atom stereocenters. The van der Waals surface area contributed by atoms with Crippen molar-refractivity contribution in [1.82, 2.24) is 0 Å². The van der Waals surface area contributed by atoms with E-state index in [1.807, 2.05) is 12.1 Å². The summed E-state index contributed by atoms with van der Waals surface area (Å²) in [7, 11) is 0. The van der Waals surface area contributed by atoms with Crippen molar-refractivity contribution in [2.75, 3.05) is 6.61 Å². The van der Waals surface area contributed by atoms with Crippen LogP contribution in [-0.2, 0) is 6.42 Å². The van der Waals surface area contributed by atoms with Gasteiger partial charge in [-0.1, -0.05) is 19.3 Å². The zero-order chi connectivity index (χ0) is 13.8. The second-order valence-electron chi connectivity index (χ2n) is 6.26. The second kappa shape index (κ2) is 6.43. The third kappa shape index (κ3) is 3.23. The molecule has 0 aliphatic heterocycles. The largest absolute Gasteiger partial charge is 0.493 e. The Morgan fingerprint density at radius 2 is 1.80 bits per heavy atom. The number of benzene rings is 1. The van der Waals surface area contributed by atoms with Gasteiger partial charge in [0.05, 0.1) is 6.61 Å². The lowest BCUT2D eigenvalue weighted by Gasteiger charge is -2.22. The molecule has 1 aromatic rings. The quantitative estimate of drug-likeness (QED) is 0.754. The highest BCUT2D eigenvalue weighted by atomic mass is 16.5. The zero-order valence-corrected chi connectivity index (χ0v) is 12.2. The van der Waals surface area contributed by atoms with Gasteiger partial charge in [0, 0.05) is 12.0 Å². The Kier molecular flexibility index (Phi) is 4.39. The molecule has 0 unspecified atom stereocenters. The maximum Gasteiger partial charge on any atom is 0.163 e. The van der Waals surface area contributed by atoms with E-state index in [0.29, 0.717) is 12.2 Å². The van der Waals surface area contributed by atoms with Gasteiger partial charge in [-0.25, -0.2) is 0 Å². The van der Waals surface area contributed by atoms with Gasteiger partial charge >= 0.3 is 0 Å². The topological polar surface area (TPSA) is 26.3 Å². The van der Waals surface area contributed by atoms with Crippen LogP contribution in [0.1, 0.15) is 67.3 Å². The molecular weight excluding hydrogens is 248 g/mol. The van der Waals surface area contributed by atoms with E-state index in [0.717, 1.165) is 43.1 Å². The monoisotopic (exact) mass is 272 g/mol. The number of fused-ring (bicyclic) bond motifs is 1. The van der Waals surface area contributed by atoms with Gasteiger partial charge in [-0.15, -0.1) is 0 Å². The maximum absolute atomic E-state index is 12.0. The van der Waals surface area contributed by atoms with Crippen molar-refractivity contribution >= 4 is 5.78 Å². The average molecular weight is 272 g/mol. The van der Waals surface area contributed by atoms with Crippen LogP contribution in [0.25, 0.3) is 0 Å². The van der Waals surface area contributed by atoms with Crippen molar-refractivity contribution in [2.45, 2.75) is 57.8 Å². The first-order valence-electron chi connectivity index (χ1n) is 8.12. The Hall–Kier alpha value is -1.31. The summed E-state index contributed by atoms with van der Waals surface area (Å²) in [5.74, 6) is 1.98. The summed E-state index contributed by atoms with van der Waals surface area (Å²) in [5.41, 5.74) is 2.11. The molecule has 2 aliphatic carbocycles. The number of carbonyl (C=O) groups excluding carboxylic acids is 1. The maximum atomic E-state index is 12.0. The third-order valence-electron chi connectivity index (χ3n) is 4.69. The third-order valence-corrected chi connectivity index (χ3v) is 4.69. The molecule has 0 amide bonds. The van der Waals surface area contributed by atoms with Crippen molar-refractivity contribution in [1.29, 1.82) is 0 Å². The SMILES string of the molecule is O=C1CCCCc2cc(OCC3CCCCC3)ccc21. The molecule has 0 N–H and O–H groups in total. The number of aryl methyl sites for hydroxylation is 1.